The summed E-state index contributed by atoms with van der Waals surface area (Å²) in [6, 6.07) is 36.7. The molecule has 1 aliphatic heterocycles. The largest absolute Gasteiger partial charge is 0.309 e. The van der Waals surface area contributed by atoms with Gasteiger partial charge in [-0.2, -0.15) is 0 Å². The summed E-state index contributed by atoms with van der Waals surface area (Å²) in [5.41, 5.74) is 5.78. The highest BCUT2D eigenvalue weighted by Gasteiger charge is 2.35. The standard InChI is InChI=1S/C33H21BrClN3O2S/c34-24-11-15-26(16-12-24)37-29(21-7-3-1-4-8-21)20-23(30(37)22-9-5-2-6-10-22)19-28-31(39)36-33(41)38(32(28)40)27-17-13-25(35)14-18-27/h1-20H,(H,36,39,41). The lowest BCUT2D eigenvalue weighted by Crippen LogP contribution is -2.54. The number of carbonyl (C=O) groups is 2. The summed E-state index contributed by atoms with van der Waals surface area (Å²) in [6.45, 7) is 0. The van der Waals surface area contributed by atoms with E-state index in [0.29, 0.717) is 16.3 Å². The van der Waals surface area contributed by atoms with E-state index < -0.39 is 11.8 Å². The third-order valence-corrected chi connectivity index (χ3v) is 7.78. The molecule has 0 aliphatic carbocycles. The van der Waals surface area contributed by atoms with Crippen LogP contribution in [-0.4, -0.2) is 21.5 Å². The number of carbonyl (C=O) groups excluding carboxylic acids is 2. The Morgan fingerprint density at radius 1 is 0.756 bits per heavy atom. The molecule has 6 rings (SSSR count). The maximum Gasteiger partial charge on any atom is 0.270 e. The Morgan fingerprint density at radius 3 is 1.98 bits per heavy atom. The quantitative estimate of drug-likeness (QED) is 0.120. The minimum absolute atomic E-state index is 0.0140. The topological polar surface area (TPSA) is 54.3 Å². The van der Waals surface area contributed by atoms with Crippen molar-refractivity contribution in [2.24, 2.45) is 0 Å². The van der Waals surface area contributed by atoms with E-state index in [4.69, 9.17) is 23.8 Å². The average molecular weight is 639 g/mol. The highest BCUT2D eigenvalue weighted by atomic mass is 79.9. The first-order valence-corrected chi connectivity index (χ1v) is 14.3. The van der Waals surface area contributed by atoms with Crippen molar-refractivity contribution < 1.29 is 9.59 Å². The van der Waals surface area contributed by atoms with E-state index >= 15 is 0 Å². The van der Waals surface area contributed by atoms with E-state index in [1.165, 1.54) is 4.90 Å². The number of nitrogens with one attached hydrogen (secondary N) is 1. The molecule has 1 N–H and O–H groups in total. The lowest BCUT2D eigenvalue weighted by molar-refractivity contribution is -0.122. The third kappa shape index (κ3) is 5.27. The molecule has 0 saturated carbocycles. The Balaban J connectivity index is 1.59. The molecule has 200 valence electrons. The van der Waals surface area contributed by atoms with Crippen LogP contribution in [0.1, 0.15) is 5.56 Å². The summed E-state index contributed by atoms with van der Waals surface area (Å²) >= 11 is 15.0. The second kappa shape index (κ2) is 11.3. The zero-order valence-corrected chi connectivity index (χ0v) is 24.6. The molecular weight excluding hydrogens is 618 g/mol. The van der Waals surface area contributed by atoms with E-state index in [9.17, 15) is 9.59 Å². The number of hydrogen-bond acceptors (Lipinski definition) is 3. The van der Waals surface area contributed by atoms with E-state index in [-0.39, 0.29) is 10.7 Å². The van der Waals surface area contributed by atoms with Crippen LogP contribution in [0.2, 0.25) is 5.02 Å². The lowest BCUT2D eigenvalue weighted by atomic mass is 10.0. The van der Waals surface area contributed by atoms with Gasteiger partial charge in [-0.15, -0.1) is 0 Å². The van der Waals surface area contributed by atoms with Gasteiger partial charge in [0.1, 0.15) is 5.57 Å². The van der Waals surface area contributed by atoms with Gasteiger partial charge in [0.05, 0.1) is 17.1 Å². The highest BCUT2D eigenvalue weighted by Crippen LogP contribution is 2.38. The number of thiocarbonyl (C=S) groups is 1. The average Bonchev–Trinajstić information content (AvgIpc) is 3.36. The van der Waals surface area contributed by atoms with E-state index in [0.717, 1.165) is 32.7 Å². The van der Waals surface area contributed by atoms with Crippen LogP contribution in [0.15, 0.2) is 125 Å². The van der Waals surface area contributed by atoms with Crippen LogP contribution in [0.5, 0.6) is 0 Å². The minimum atomic E-state index is -0.554. The lowest BCUT2D eigenvalue weighted by Gasteiger charge is -2.29. The van der Waals surface area contributed by atoms with Crippen LogP contribution in [0.3, 0.4) is 0 Å². The molecule has 0 spiro atoms. The summed E-state index contributed by atoms with van der Waals surface area (Å²) in [4.78, 5) is 28.3. The molecular formula is C33H21BrClN3O2S. The van der Waals surface area contributed by atoms with Crippen LogP contribution in [-0.2, 0) is 9.59 Å². The fourth-order valence-electron chi connectivity index (χ4n) is 4.85. The van der Waals surface area contributed by atoms with Crippen LogP contribution in [0.4, 0.5) is 5.69 Å². The molecule has 8 heteroatoms. The van der Waals surface area contributed by atoms with E-state index in [1.54, 1.807) is 30.3 Å². The van der Waals surface area contributed by atoms with Gasteiger partial charge in [-0.1, -0.05) is 88.2 Å². The van der Waals surface area contributed by atoms with Crippen molar-refractivity contribution in [1.29, 1.82) is 0 Å². The Bertz CT molecular complexity index is 1820. The van der Waals surface area contributed by atoms with Crippen molar-refractivity contribution in [3.05, 3.63) is 136 Å². The first-order chi connectivity index (χ1) is 19.9. The predicted octanol–water partition coefficient (Wildman–Crippen LogP) is 8.06. The molecule has 1 aromatic heterocycles. The first kappa shape index (κ1) is 26.9. The number of benzene rings is 4. The van der Waals surface area contributed by atoms with Gasteiger partial charge in [-0.25, -0.2) is 0 Å². The second-order valence-corrected chi connectivity index (χ2v) is 11.1. The van der Waals surface area contributed by atoms with Crippen LogP contribution in [0.25, 0.3) is 34.3 Å². The molecule has 5 aromatic rings. The molecule has 41 heavy (non-hydrogen) atoms. The van der Waals surface area contributed by atoms with Crippen LogP contribution >= 0.6 is 39.7 Å². The van der Waals surface area contributed by atoms with Crippen molar-refractivity contribution >= 4 is 68.4 Å². The summed E-state index contributed by atoms with van der Waals surface area (Å²) in [5.74, 6) is -1.07. The third-order valence-electron chi connectivity index (χ3n) is 6.72. The van der Waals surface area contributed by atoms with E-state index in [1.807, 2.05) is 91.0 Å². The number of rotatable bonds is 5. The van der Waals surface area contributed by atoms with Gasteiger partial charge in [0.15, 0.2) is 5.11 Å². The molecule has 0 radical (unpaired) electrons. The predicted molar refractivity (Wildman–Crippen MR) is 172 cm³/mol. The van der Waals surface area contributed by atoms with Crippen molar-refractivity contribution in [2.75, 3.05) is 4.90 Å². The maximum absolute atomic E-state index is 13.8. The van der Waals surface area contributed by atoms with Gasteiger partial charge in [0.2, 0.25) is 0 Å². The smallest absolute Gasteiger partial charge is 0.270 e. The van der Waals surface area contributed by atoms with Crippen molar-refractivity contribution in [1.82, 2.24) is 9.88 Å². The summed E-state index contributed by atoms with van der Waals surface area (Å²) in [7, 11) is 0. The monoisotopic (exact) mass is 637 g/mol. The fraction of sp³-hybridized carbons (Fsp3) is 0. The van der Waals surface area contributed by atoms with Gasteiger partial charge in [0, 0.05) is 20.7 Å². The summed E-state index contributed by atoms with van der Waals surface area (Å²) in [6.07, 6.45) is 1.65. The SMILES string of the molecule is O=C1NC(=S)N(c2ccc(Cl)cc2)C(=O)C1=Cc1cc(-c2ccccc2)n(-c2ccc(Br)cc2)c1-c1ccccc1. The number of halogens is 2. The Morgan fingerprint density at radius 2 is 1.34 bits per heavy atom. The van der Waals surface area contributed by atoms with E-state index in [2.05, 4.69) is 25.8 Å². The Kier molecular flexibility index (Phi) is 7.41. The number of hydrogen-bond donors (Lipinski definition) is 1. The molecule has 2 amide bonds. The number of aromatic nitrogens is 1. The molecule has 5 nitrogen and oxygen atoms in total. The van der Waals surface area contributed by atoms with Gasteiger partial charge >= 0.3 is 0 Å². The minimum Gasteiger partial charge on any atom is -0.309 e. The summed E-state index contributed by atoms with van der Waals surface area (Å²) < 4.78 is 3.11. The van der Waals surface area contributed by atoms with Crippen molar-refractivity contribution in [2.45, 2.75) is 0 Å². The van der Waals surface area contributed by atoms with Crippen LogP contribution < -0.4 is 10.2 Å². The number of amides is 2. The number of anilines is 1. The molecule has 1 aliphatic rings. The van der Waals surface area contributed by atoms with Gasteiger partial charge in [0.25, 0.3) is 11.8 Å². The van der Waals surface area contributed by atoms with Crippen molar-refractivity contribution in [3.63, 3.8) is 0 Å². The molecule has 1 saturated heterocycles. The fourth-order valence-corrected chi connectivity index (χ4v) is 5.52. The second-order valence-electron chi connectivity index (χ2n) is 9.31. The maximum atomic E-state index is 13.8. The molecule has 1 fully saturated rings. The first-order valence-electron chi connectivity index (χ1n) is 12.7. The highest BCUT2D eigenvalue weighted by molar-refractivity contribution is 9.10. The zero-order valence-electron chi connectivity index (χ0n) is 21.4. The molecule has 4 aromatic carbocycles. The normalized spacial score (nSPS) is 14.4. The molecule has 0 bridgehead atoms. The van der Waals surface area contributed by atoms with Gasteiger partial charge in [-0.05, 0) is 84.0 Å². The number of nitrogens with zero attached hydrogens (tertiary/aromatic N) is 2. The Hall–Kier alpha value is -4.30. The Labute approximate surface area is 255 Å². The van der Waals surface area contributed by atoms with Crippen molar-refractivity contribution in [3.8, 4) is 28.2 Å². The van der Waals surface area contributed by atoms with Crippen LogP contribution in [0, 0.1) is 0 Å². The molecule has 2 heterocycles. The summed E-state index contributed by atoms with van der Waals surface area (Å²) in [5, 5.41) is 3.22. The van der Waals surface area contributed by atoms with Gasteiger partial charge in [-0.3, -0.25) is 19.8 Å². The zero-order chi connectivity index (χ0) is 28.5. The molecule has 0 atom stereocenters. The molecule has 0 unspecified atom stereocenters. The van der Waals surface area contributed by atoms with Gasteiger partial charge < -0.3 is 4.57 Å².